The Labute approximate surface area is 88.4 Å². The summed E-state index contributed by atoms with van der Waals surface area (Å²) in [7, 11) is 1.64. The number of nitrogens with two attached hydrogens (primary N) is 1. The van der Waals surface area contributed by atoms with Gasteiger partial charge in [-0.1, -0.05) is 0 Å². The van der Waals surface area contributed by atoms with Crippen molar-refractivity contribution in [2.24, 2.45) is 12.8 Å². The number of halogens is 3. The van der Waals surface area contributed by atoms with E-state index in [0.29, 0.717) is 10.3 Å². The third-order valence-electron chi connectivity index (χ3n) is 2.79. The summed E-state index contributed by atoms with van der Waals surface area (Å²) in [5.41, 5.74) is 4.72. The highest BCUT2D eigenvalue weighted by Crippen LogP contribution is 2.60. The molecule has 0 saturated heterocycles. The van der Waals surface area contributed by atoms with E-state index in [1.54, 1.807) is 13.1 Å². The van der Waals surface area contributed by atoms with Crippen molar-refractivity contribution in [2.45, 2.75) is 17.8 Å². The Morgan fingerprint density at radius 3 is 2.57 bits per heavy atom. The Bertz CT molecular complexity index is 377. The van der Waals surface area contributed by atoms with Gasteiger partial charge in [-0.25, -0.2) is 8.78 Å². The Hall–Kier alpha value is -0.490. The van der Waals surface area contributed by atoms with Crippen LogP contribution < -0.4 is 5.73 Å². The molecule has 3 nitrogen and oxygen atoms in total. The quantitative estimate of drug-likeness (QED) is 0.879. The van der Waals surface area contributed by atoms with Gasteiger partial charge in [-0.2, -0.15) is 5.10 Å². The van der Waals surface area contributed by atoms with E-state index in [0.717, 1.165) is 0 Å². The fraction of sp³-hybridized carbons (Fsp3) is 0.625. The predicted octanol–water partition coefficient (Wildman–Crippen LogP) is 1.42. The topological polar surface area (TPSA) is 43.8 Å². The molecule has 0 amide bonds. The summed E-state index contributed by atoms with van der Waals surface area (Å²) in [6, 6.07) is 1.60. The Morgan fingerprint density at radius 2 is 2.29 bits per heavy atom. The minimum atomic E-state index is -2.69. The molecular weight excluding hydrogens is 256 g/mol. The minimum absolute atomic E-state index is 0.0496. The molecule has 14 heavy (non-hydrogen) atoms. The predicted molar refractivity (Wildman–Crippen MR) is 51.2 cm³/mol. The van der Waals surface area contributed by atoms with Crippen molar-refractivity contribution in [1.82, 2.24) is 9.78 Å². The van der Waals surface area contributed by atoms with Crippen LogP contribution in [0.2, 0.25) is 0 Å². The summed E-state index contributed by atoms with van der Waals surface area (Å²) < 4.78 is 28.4. The summed E-state index contributed by atoms with van der Waals surface area (Å²) >= 11 is 3.15. The molecule has 0 aromatic carbocycles. The van der Waals surface area contributed by atoms with Crippen molar-refractivity contribution < 1.29 is 8.78 Å². The molecule has 1 saturated carbocycles. The van der Waals surface area contributed by atoms with Gasteiger partial charge in [0.2, 0.25) is 0 Å². The van der Waals surface area contributed by atoms with Crippen LogP contribution >= 0.6 is 15.9 Å². The van der Waals surface area contributed by atoms with Crippen molar-refractivity contribution in [3.63, 3.8) is 0 Å². The van der Waals surface area contributed by atoms with E-state index in [1.165, 1.54) is 4.68 Å². The van der Waals surface area contributed by atoms with E-state index in [-0.39, 0.29) is 13.0 Å². The van der Waals surface area contributed by atoms with Gasteiger partial charge in [0.15, 0.2) is 0 Å². The van der Waals surface area contributed by atoms with E-state index < -0.39 is 11.3 Å². The van der Waals surface area contributed by atoms with Gasteiger partial charge in [-0.15, -0.1) is 0 Å². The maximum Gasteiger partial charge on any atom is 0.261 e. The number of hydrogen-bond acceptors (Lipinski definition) is 2. The SMILES string of the molecule is Cn1nc(Br)cc1C1(CN)CC1(F)F. The first-order valence-corrected chi connectivity index (χ1v) is 5.00. The van der Waals surface area contributed by atoms with Crippen LogP contribution in [0.5, 0.6) is 0 Å². The third kappa shape index (κ3) is 1.13. The van der Waals surface area contributed by atoms with E-state index in [4.69, 9.17) is 5.73 Å². The zero-order valence-corrected chi connectivity index (χ0v) is 9.18. The molecule has 1 aromatic heterocycles. The van der Waals surface area contributed by atoms with E-state index in [2.05, 4.69) is 21.0 Å². The molecule has 1 fully saturated rings. The van der Waals surface area contributed by atoms with E-state index in [1.807, 2.05) is 0 Å². The van der Waals surface area contributed by atoms with Crippen molar-refractivity contribution in [3.8, 4) is 0 Å². The molecule has 1 atom stereocenters. The van der Waals surface area contributed by atoms with Crippen LogP contribution in [-0.4, -0.2) is 22.2 Å². The lowest BCUT2D eigenvalue weighted by Crippen LogP contribution is -2.29. The van der Waals surface area contributed by atoms with Gasteiger partial charge in [0, 0.05) is 20.0 Å². The van der Waals surface area contributed by atoms with E-state index >= 15 is 0 Å². The number of rotatable bonds is 2. The lowest BCUT2D eigenvalue weighted by molar-refractivity contribution is 0.0876. The van der Waals surface area contributed by atoms with Crippen molar-refractivity contribution in [1.29, 1.82) is 0 Å². The second-order valence-electron chi connectivity index (χ2n) is 3.64. The van der Waals surface area contributed by atoms with Crippen LogP contribution in [0, 0.1) is 0 Å². The van der Waals surface area contributed by atoms with Crippen LogP contribution in [0.1, 0.15) is 12.1 Å². The zero-order valence-electron chi connectivity index (χ0n) is 7.60. The summed E-state index contributed by atoms with van der Waals surface area (Å²) in [6.07, 6.45) is -0.178. The lowest BCUT2D eigenvalue weighted by atomic mass is 10.0. The summed E-state index contributed by atoms with van der Waals surface area (Å²) in [5, 5.41) is 3.98. The third-order valence-corrected chi connectivity index (χ3v) is 3.18. The first kappa shape index (κ1) is 10.0. The summed E-state index contributed by atoms with van der Waals surface area (Å²) in [6.45, 7) is -0.0496. The molecular formula is C8H10BrF2N3. The van der Waals surface area contributed by atoms with Crippen molar-refractivity contribution >= 4 is 15.9 Å². The molecule has 0 spiro atoms. The number of aromatic nitrogens is 2. The zero-order chi connectivity index (χ0) is 10.6. The molecule has 1 aliphatic carbocycles. The fourth-order valence-corrected chi connectivity index (χ4v) is 2.27. The standard InChI is InChI=1S/C8H10BrF2N3/c1-14-5(2-6(9)13-14)7(4-12)3-8(7,10)11/h2H,3-4,12H2,1H3. The Morgan fingerprint density at radius 1 is 1.71 bits per heavy atom. The molecule has 78 valence electrons. The highest BCUT2D eigenvalue weighted by Gasteiger charge is 2.72. The van der Waals surface area contributed by atoms with Gasteiger partial charge in [0.1, 0.15) is 4.60 Å². The number of nitrogens with zero attached hydrogens (tertiary/aromatic N) is 2. The average molecular weight is 266 g/mol. The molecule has 1 unspecified atom stereocenters. The van der Waals surface area contributed by atoms with Gasteiger partial charge >= 0.3 is 0 Å². The smallest absolute Gasteiger partial charge is 0.261 e. The van der Waals surface area contributed by atoms with Gasteiger partial charge in [-0.05, 0) is 22.0 Å². The number of aryl methyl sites for hydroxylation is 1. The maximum atomic E-state index is 13.2. The maximum absolute atomic E-state index is 13.2. The monoisotopic (exact) mass is 265 g/mol. The first-order chi connectivity index (χ1) is 6.43. The molecule has 0 aliphatic heterocycles. The van der Waals surface area contributed by atoms with Crippen molar-refractivity contribution in [3.05, 3.63) is 16.4 Å². The fourth-order valence-electron chi connectivity index (χ4n) is 1.82. The molecule has 2 N–H and O–H groups in total. The Balaban J connectivity index is 2.45. The van der Waals surface area contributed by atoms with Crippen LogP contribution in [0.15, 0.2) is 10.7 Å². The highest BCUT2D eigenvalue weighted by atomic mass is 79.9. The second kappa shape index (κ2) is 2.76. The number of hydrogen-bond donors (Lipinski definition) is 1. The summed E-state index contributed by atoms with van der Waals surface area (Å²) in [5.74, 6) is -2.69. The molecule has 1 heterocycles. The Kier molecular flexibility index (Phi) is 1.98. The molecule has 6 heteroatoms. The molecule has 0 radical (unpaired) electrons. The molecule has 0 bridgehead atoms. The number of alkyl halides is 2. The van der Waals surface area contributed by atoms with E-state index in [9.17, 15) is 8.78 Å². The summed E-state index contributed by atoms with van der Waals surface area (Å²) in [4.78, 5) is 0. The van der Waals surface area contributed by atoms with Crippen LogP contribution in [0.4, 0.5) is 8.78 Å². The highest BCUT2D eigenvalue weighted by molar-refractivity contribution is 9.10. The van der Waals surface area contributed by atoms with Gasteiger partial charge in [0.05, 0.1) is 11.1 Å². The average Bonchev–Trinajstić information content (AvgIpc) is 2.48. The largest absolute Gasteiger partial charge is 0.329 e. The van der Waals surface area contributed by atoms with Gasteiger partial charge < -0.3 is 5.73 Å². The first-order valence-electron chi connectivity index (χ1n) is 4.21. The van der Waals surface area contributed by atoms with Crippen molar-refractivity contribution in [2.75, 3.05) is 6.54 Å². The normalized spacial score (nSPS) is 29.2. The van der Waals surface area contributed by atoms with Crippen LogP contribution in [0.25, 0.3) is 0 Å². The van der Waals surface area contributed by atoms with Gasteiger partial charge in [0.25, 0.3) is 5.92 Å². The molecule has 1 aliphatic rings. The second-order valence-corrected chi connectivity index (χ2v) is 4.46. The van der Waals surface area contributed by atoms with Gasteiger partial charge in [-0.3, -0.25) is 4.68 Å². The lowest BCUT2D eigenvalue weighted by Gasteiger charge is -2.13. The molecule has 2 rings (SSSR count). The van der Waals surface area contributed by atoms with Crippen LogP contribution in [-0.2, 0) is 12.5 Å². The molecule has 1 aromatic rings. The van der Waals surface area contributed by atoms with Crippen LogP contribution in [0.3, 0.4) is 0 Å². The minimum Gasteiger partial charge on any atom is -0.329 e.